The Hall–Kier alpha value is -3.55. The number of likely N-dealkylation sites (tertiary alicyclic amines) is 1. The van der Waals surface area contributed by atoms with Crippen LogP contribution < -0.4 is 15.4 Å². The molecule has 3 aromatic rings. The summed E-state index contributed by atoms with van der Waals surface area (Å²) in [6.07, 6.45) is 2.07. The molecule has 3 aromatic carbocycles. The lowest BCUT2D eigenvalue weighted by Crippen LogP contribution is -2.52. The van der Waals surface area contributed by atoms with Crippen molar-refractivity contribution in [2.45, 2.75) is 77.9 Å². The third-order valence-corrected chi connectivity index (χ3v) is 8.90. The van der Waals surface area contributed by atoms with Crippen molar-refractivity contribution in [3.8, 4) is 5.75 Å². The fraction of sp³-hybridized carbons (Fsp3) is 0.417. The number of anilines is 1. The normalized spacial score (nSPS) is 20.7. The van der Waals surface area contributed by atoms with E-state index in [1.165, 1.54) is 0 Å². The summed E-state index contributed by atoms with van der Waals surface area (Å²) < 4.78 is 6.52. The zero-order valence-corrected chi connectivity index (χ0v) is 28.2. The Kier molecular flexibility index (Phi) is 11.6. The highest BCUT2D eigenvalue weighted by Crippen LogP contribution is 2.53. The second kappa shape index (κ2) is 15.2. The number of carbonyl (C=O) groups is 3. The standard InChI is InChI=1S/C28H32ClN3O4.C6H5Cl.C2H6/c1-16(2)26(34)32-12-9-19(10-13-32)36-23-7-4-17(3)14-20(23)25-28(11-8-24(33)31-25)21-6-5-18(29)15-22(21)30-27(28)35;7-6-4-2-1-3-5-6;1-2/h4-7,14-16,19,25H,8-13H2,1-3H3,(H,30,35)(H,31,33);1-5H;1-2H3/t25-,28-;;/m1../s1. The number of piperidine rings is 2. The van der Waals surface area contributed by atoms with E-state index in [9.17, 15) is 14.4 Å². The van der Waals surface area contributed by atoms with E-state index in [0.29, 0.717) is 36.0 Å². The lowest BCUT2D eigenvalue weighted by molar-refractivity contribution is -0.136. The van der Waals surface area contributed by atoms with Gasteiger partial charge in [-0.15, -0.1) is 0 Å². The van der Waals surface area contributed by atoms with Gasteiger partial charge >= 0.3 is 0 Å². The molecule has 6 rings (SSSR count). The third-order valence-electron chi connectivity index (χ3n) is 8.41. The van der Waals surface area contributed by atoms with Gasteiger partial charge < -0.3 is 20.3 Å². The second-order valence-electron chi connectivity index (χ2n) is 11.7. The van der Waals surface area contributed by atoms with Gasteiger partial charge in [0.25, 0.3) is 0 Å². The molecule has 0 aromatic heterocycles. The first kappa shape index (κ1) is 34.3. The number of carbonyl (C=O) groups excluding carboxylic acids is 3. The summed E-state index contributed by atoms with van der Waals surface area (Å²) in [6.45, 7) is 11.1. The molecule has 3 aliphatic rings. The summed E-state index contributed by atoms with van der Waals surface area (Å²) in [5, 5.41) is 7.47. The fourth-order valence-corrected chi connectivity index (χ4v) is 6.53. The highest BCUT2D eigenvalue weighted by Gasteiger charge is 2.56. The van der Waals surface area contributed by atoms with Crippen molar-refractivity contribution in [3.63, 3.8) is 0 Å². The molecule has 0 radical (unpaired) electrons. The average molecular weight is 653 g/mol. The maximum Gasteiger partial charge on any atom is 0.237 e. The first-order chi connectivity index (χ1) is 21.6. The van der Waals surface area contributed by atoms with Gasteiger partial charge in [0.05, 0.1) is 6.04 Å². The highest BCUT2D eigenvalue weighted by molar-refractivity contribution is 6.31. The molecule has 7 nitrogen and oxygen atoms in total. The van der Waals surface area contributed by atoms with Gasteiger partial charge in [-0.3, -0.25) is 14.4 Å². The summed E-state index contributed by atoms with van der Waals surface area (Å²) in [6, 6.07) is 20.2. The Balaban J connectivity index is 0.000000447. The fourth-order valence-electron chi connectivity index (χ4n) is 6.21. The van der Waals surface area contributed by atoms with Crippen LogP contribution in [0.15, 0.2) is 66.7 Å². The molecule has 1 spiro atoms. The van der Waals surface area contributed by atoms with E-state index in [1.54, 1.807) is 12.1 Å². The van der Waals surface area contributed by atoms with Crippen molar-refractivity contribution in [3.05, 3.63) is 93.5 Å². The van der Waals surface area contributed by atoms with Gasteiger partial charge in [-0.1, -0.05) is 92.9 Å². The van der Waals surface area contributed by atoms with Crippen LogP contribution in [0.4, 0.5) is 5.69 Å². The summed E-state index contributed by atoms with van der Waals surface area (Å²) in [7, 11) is 0. The lowest BCUT2D eigenvalue weighted by Gasteiger charge is -2.41. The van der Waals surface area contributed by atoms with Crippen LogP contribution in [-0.4, -0.2) is 41.8 Å². The molecule has 240 valence electrons. The number of fused-ring (bicyclic) bond motifs is 2. The van der Waals surface area contributed by atoms with Gasteiger partial charge in [0.15, 0.2) is 0 Å². The number of aryl methyl sites for hydroxylation is 1. The first-order valence-corrected chi connectivity index (χ1v) is 16.5. The Labute approximate surface area is 276 Å². The van der Waals surface area contributed by atoms with Crippen LogP contribution in [0.3, 0.4) is 0 Å². The molecule has 3 heterocycles. The largest absolute Gasteiger partial charge is 0.490 e. The SMILES string of the molecule is CC.Cc1ccc(OC2CCN(C(=O)C(C)C)CC2)c([C@H]2NC(=O)CC[C@]23C(=O)Nc2cc(Cl)ccc23)c1.Clc1ccccc1. The molecule has 0 saturated carbocycles. The Bertz CT molecular complexity index is 1510. The van der Waals surface area contributed by atoms with Gasteiger partial charge in [0, 0.05) is 59.6 Å². The number of hydrogen-bond donors (Lipinski definition) is 2. The predicted molar refractivity (Wildman–Crippen MR) is 181 cm³/mol. The van der Waals surface area contributed by atoms with Gasteiger partial charge in [0.1, 0.15) is 17.3 Å². The third kappa shape index (κ3) is 7.64. The van der Waals surface area contributed by atoms with Crippen molar-refractivity contribution in [1.29, 1.82) is 0 Å². The molecule has 3 aliphatic heterocycles. The zero-order valence-electron chi connectivity index (χ0n) is 26.7. The Morgan fingerprint density at radius 3 is 2.27 bits per heavy atom. The van der Waals surface area contributed by atoms with Gasteiger partial charge in [-0.25, -0.2) is 0 Å². The molecule has 2 N–H and O–H groups in total. The Morgan fingerprint density at radius 2 is 1.64 bits per heavy atom. The molecule has 45 heavy (non-hydrogen) atoms. The van der Waals surface area contributed by atoms with Gasteiger partial charge in [-0.05, 0) is 49.2 Å². The molecular formula is C36H43Cl2N3O4. The Morgan fingerprint density at radius 1 is 0.956 bits per heavy atom. The molecule has 0 unspecified atom stereocenters. The number of rotatable bonds is 4. The van der Waals surface area contributed by atoms with Crippen LogP contribution in [0.2, 0.25) is 10.0 Å². The zero-order chi connectivity index (χ0) is 32.7. The van der Waals surface area contributed by atoms with E-state index in [4.69, 9.17) is 27.9 Å². The molecule has 2 atom stereocenters. The summed E-state index contributed by atoms with van der Waals surface area (Å²) in [5.41, 5.74) is 2.38. The summed E-state index contributed by atoms with van der Waals surface area (Å²) >= 11 is 11.8. The van der Waals surface area contributed by atoms with E-state index >= 15 is 0 Å². The number of halogens is 2. The predicted octanol–water partition coefficient (Wildman–Crippen LogP) is 7.88. The van der Waals surface area contributed by atoms with Gasteiger partial charge in [0.2, 0.25) is 17.7 Å². The maximum atomic E-state index is 13.6. The van der Waals surface area contributed by atoms with Crippen LogP contribution >= 0.6 is 23.2 Å². The quantitative estimate of drug-likeness (QED) is 0.300. The minimum Gasteiger partial charge on any atom is -0.490 e. The van der Waals surface area contributed by atoms with Crippen LogP contribution in [0.5, 0.6) is 5.75 Å². The van der Waals surface area contributed by atoms with Crippen molar-refractivity contribution in [2.24, 2.45) is 5.92 Å². The molecule has 0 bridgehead atoms. The van der Waals surface area contributed by atoms with Crippen molar-refractivity contribution >= 4 is 46.6 Å². The summed E-state index contributed by atoms with van der Waals surface area (Å²) in [5.74, 6) is 0.581. The van der Waals surface area contributed by atoms with E-state index in [2.05, 4.69) is 10.6 Å². The number of amides is 3. The van der Waals surface area contributed by atoms with Crippen LogP contribution in [-0.2, 0) is 19.8 Å². The van der Waals surface area contributed by atoms with E-state index < -0.39 is 11.5 Å². The van der Waals surface area contributed by atoms with Crippen LogP contribution in [0.25, 0.3) is 0 Å². The first-order valence-electron chi connectivity index (χ1n) is 15.8. The van der Waals surface area contributed by atoms with E-state index in [0.717, 1.165) is 34.6 Å². The molecule has 2 fully saturated rings. The number of hydrogen-bond acceptors (Lipinski definition) is 4. The number of nitrogens with zero attached hydrogens (tertiary/aromatic N) is 1. The molecule has 0 aliphatic carbocycles. The average Bonchev–Trinajstić information content (AvgIpc) is 3.31. The van der Waals surface area contributed by atoms with Crippen LogP contribution in [0, 0.1) is 12.8 Å². The molecule has 3 amide bonds. The molecular weight excluding hydrogens is 609 g/mol. The second-order valence-corrected chi connectivity index (χ2v) is 12.6. The smallest absolute Gasteiger partial charge is 0.237 e. The summed E-state index contributed by atoms with van der Waals surface area (Å²) in [4.78, 5) is 40.5. The topological polar surface area (TPSA) is 87.7 Å². The monoisotopic (exact) mass is 651 g/mol. The molecule has 9 heteroatoms. The van der Waals surface area contributed by atoms with Crippen LogP contribution in [0.1, 0.15) is 76.1 Å². The maximum absolute atomic E-state index is 13.6. The number of ether oxygens (including phenoxy) is 1. The van der Waals surface area contributed by atoms with E-state index in [1.807, 2.05) is 94.1 Å². The van der Waals surface area contributed by atoms with E-state index in [-0.39, 0.29) is 36.2 Å². The van der Waals surface area contributed by atoms with Gasteiger partial charge in [-0.2, -0.15) is 0 Å². The lowest BCUT2D eigenvalue weighted by atomic mass is 9.67. The van der Waals surface area contributed by atoms with Crippen molar-refractivity contribution in [2.75, 3.05) is 18.4 Å². The molecule has 2 saturated heterocycles. The highest BCUT2D eigenvalue weighted by atomic mass is 35.5. The minimum atomic E-state index is -0.952. The minimum absolute atomic E-state index is 0.0208. The number of nitrogens with one attached hydrogen (secondary N) is 2. The van der Waals surface area contributed by atoms with Crippen molar-refractivity contribution < 1.29 is 19.1 Å². The number of benzene rings is 3. The van der Waals surface area contributed by atoms with Crippen molar-refractivity contribution in [1.82, 2.24) is 10.2 Å².